The number of nitrogens with one attached hydrogen (secondary N) is 2. The summed E-state index contributed by atoms with van der Waals surface area (Å²) in [5.41, 5.74) is 1.99. The molecule has 2 aromatic rings. The molecule has 5 nitrogen and oxygen atoms in total. The van der Waals surface area contributed by atoms with E-state index in [9.17, 15) is 4.79 Å². The summed E-state index contributed by atoms with van der Waals surface area (Å²) in [7, 11) is 1.39. The number of esters is 1. The zero-order chi connectivity index (χ0) is 12.1. The lowest BCUT2D eigenvalue weighted by Gasteiger charge is -2.02. The van der Waals surface area contributed by atoms with Crippen LogP contribution in [0.4, 0.5) is 0 Å². The molecule has 0 saturated carbocycles. The largest absolute Gasteiger partial charge is 0.469 e. The predicted octanol–water partition coefficient (Wildman–Crippen LogP) is 1.22. The van der Waals surface area contributed by atoms with Crippen molar-refractivity contribution in [3.63, 3.8) is 0 Å². The van der Waals surface area contributed by atoms with Gasteiger partial charge in [0, 0.05) is 18.5 Å². The standard InChI is InChI=1S/C12H15N3O2/c1-17-12(16)6-7-13-8-11-9-4-2-3-5-10(9)14-15-11/h2-5,13H,6-8H2,1H3,(H,14,15). The molecule has 2 rings (SSSR count). The fraction of sp³-hybridized carbons (Fsp3) is 0.333. The molecule has 0 fully saturated rings. The van der Waals surface area contributed by atoms with Crippen molar-refractivity contribution in [2.45, 2.75) is 13.0 Å². The molecule has 0 saturated heterocycles. The first-order chi connectivity index (χ1) is 8.31. The fourth-order valence-corrected chi connectivity index (χ4v) is 1.65. The Labute approximate surface area is 99.2 Å². The molecule has 0 radical (unpaired) electrons. The van der Waals surface area contributed by atoms with Crippen molar-refractivity contribution >= 4 is 16.9 Å². The number of hydrogen-bond acceptors (Lipinski definition) is 4. The second-order valence-electron chi connectivity index (χ2n) is 3.72. The van der Waals surface area contributed by atoms with Crippen LogP contribution in [-0.4, -0.2) is 29.8 Å². The number of nitrogens with zero attached hydrogens (tertiary/aromatic N) is 1. The van der Waals surface area contributed by atoms with Gasteiger partial charge in [-0.2, -0.15) is 5.10 Å². The zero-order valence-corrected chi connectivity index (χ0v) is 9.69. The van der Waals surface area contributed by atoms with Crippen molar-refractivity contribution in [1.82, 2.24) is 15.5 Å². The molecular formula is C12H15N3O2. The minimum Gasteiger partial charge on any atom is -0.469 e. The summed E-state index contributed by atoms with van der Waals surface area (Å²) < 4.78 is 4.56. The highest BCUT2D eigenvalue weighted by Gasteiger charge is 2.04. The topological polar surface area (TPSA) is 67.0 Å². The van der Waals surface area contributed by atoms with E-state index in [1.165, 1.54) is 7.11 Å². The Morgan fingerprint density at radius 1 is 1.47 bits per heavy atom. The Morgan fingerprint density at radius 2 is 2.29 bits per heavy atom. The van der Waals surface area contributed by atoms with Gasteiger partial charge in [0.25, 0.3) is 0 Å². The van der Waals surface area contributed by atoms with E-state index < -0.39 is 0 Å². The average Bonchev–Trinajstić information content (AvgIpc) is 2.78. The van der Waals surface area contributed by atoms with Gasteiger partial charge in [-0.25, -0.2) is 0 Å². The maximum Gasteiger partial charge on any atom is 0.306 e. The number of hydrogen-bond donors (Lipinski definition) is 2. The van der Waals surface area contributed by atoms with Crippen LogP contribution < -0.4 is 5.32 Å². The molecule has 1 aromatic carbocycles. The van der Waals surface area contributed by atoms with Crippen LogP contribution in [-0.2, 0) is 16.1 Å². The third-order valence-electron chi connectivity index (χ3n) is 2.58. The van der Waals surface area contributed by atoms with Gasteiger partial charge in [0.1, 0.15) is 0 Å². The Balaban J connectivity index is 1.89. The molecule has 2 N–H and O–H groups in total. The molecule has 0 aliphatic carbocycles. The van der Waals surface area contributed by atoms with Crippen molar-refractivity contribution < 1.29 is 9.53 Å². The highest BCUT2D eigenvalue weighted by molar-refractivity contribution is 5.81. The van der Waals surface area contributed by atoms with Gasteiger partial charge in [-0.15, -0.1) is 0 Å². The SMILES string of the molecule is COC(=O)CCNCc1[nH]nc2ccccc12. The lowest BCUT2D eigenvalue weighted by atomic mass is 10.2. The van der Waals surface area contributed by atoms with E-state index in [1.807, 2.05) is 24.3 Å². The van der Waals surface area contributed by atoms with E-state index in [0.717, 1.165) is 16.6 Å². The molecule has 0 unspecified atom stereocenters. The molecule has 0 amide bonds. The fourth-order valence-electron chi connectivity index (χ4n) is 1.65. The molecule has 17 heavy (non-hydrogen) atoms. The summed E-state index contributed by atoms with van der Waals surface area (Å²) in [6.07, 6.45) is 0.378. The lowest BCUT2D eigenvalue weighted by Crippen LogP contribution is -2.18. The second-order valence-corrected chi connectivity index (χ2v) is 3.72. The molecule has 0 atom stereocenters. The Morgan fingerprint density at radius 3 is 3.12 bits per heavy atom. The van der Waals surface area contributed by atoms with E-state index in [0.29, 0.717) is 19.5 Å². The van der Waals surface area contributed by atoms with E-state index in [1.54, 1.807) is 0 Å². The predicted molar refractivity (Wildman–Crippen MR) is 64.4 cm³/mol. The number of methoxy groups -OCH3 is 1. The van der Waals surface area contributed by atoms with E-state index in [4.69, 9.17) is 0 Å². The van der Waals surface area contributed by atoms with Gasteiger partial charge < -0.3 is 10.1 Å². The first-order valence-electron chi connectivity index (χ1n) is 5.51. The minimum atomic E-state index is -0.202. The number of carbonyl (C=O) groups excluding carboxylic acids is 1. The van der Waals surface area contributed by atoms with E-state index in [2.05, 4.69) is 20.3 Å². The zero-order valence-electron chi connectivity index (χ0n) is 9.69. The van der Waals surface area contributed by atoms with Crippen molar-refractivity contribution in [1.29, 1.82) is 0 Å². The summed E-state index contributed by atoms with van der Waals surface area (Å²) >= 11 is 0. The number of aromatic amines is 1. The van der Waals surface area contributed by atoms with Crippen LogP contribution >= 0.6 is 0 Å². The first kappa shape index (κ1) is 11.6. The number of rotatable bonds is 5. The molecule has 1 aromatic heterocycles. The molecule has 0 bridgehead atoms. The van der Waals surface area contributed by atoms with Gasteiger partial charge in [-0.05, 0) is 6.07 Å². The Kier molecular flexibility index (Phi) is 3.72. The molecule has 1 heterocycles. The van der Waals surface area contributed by atoms with Crippen molar-refractivity contribution in [2.24, 2.45) is 0 Å². The minimum absolute atomic E-state index is 0.202. The molecule has 5 heteroatoms. The number of H-pyrrole nitrogens is 1. The third-order valence-corrected chi connectivity index (χ3v) is 2.58. The lowest BCUT2D eigenvalue weighted by molar-refractivity contribution is -0.140. The maximum absolute atomic E-state index is 10.9. The Bertz CT molecular complexity index is 507. The summed E-state index contributed by atoms with van der Waals surface area (Å²) in [6, 6.07) is 7.92. The molecule has 0 aliphatic rings. The maximum atomic E-state index is 10.9. The number of aromatic nitrogens is 2. The summed E-state index contributed by atoms with van der Waals surface area (Å²) in [5, 5.41) is 11.5. The normalized spacial score (nSPS) is 10.6. The smallest absolute Gasteiger partial charge is 0.306 e. The van der Waals surface area contributed by atoms with Gasteiger partial charge >= 0.3 is 5.97 Å². The van der Waals surface area contributed by atoms with Crippen LogP contribution in [0.1, 0.15) is 12.1 Å². The van der Waals surface area contributed by atoms with Gasteiger partial charge in [0.05, 0.1) is 24.7 Å². The molecule has 0 spiro atoms. The number of carbonyl (C=O) groups is 1. The molecule has 90 valence electrons. The summed E-state index contributed by atoms with van der Waals surface area (Å²) in [4.78, 5) is 10.9. The van der Waals surface area contributed by atoms with Crippen LogP contribution in [0, 0.1) is 0 Å². The van der Waals surface area contributed by atoms with Crippen LogP contribution in [0.25, 0.3) is 10.9 Å². The van der Waals surface area contributed by atoms with Crippen molar-refractivity contribution in [2.75, 3.05) is 13.7 Å². The number of ether oxygens (including phenoxy) is 1. The average molecular weight is 233 g/mol. The number of benzene rings is 1. The van der Waals surface area contributed by atoms with E-state index in [-0.39, 0.29) is 5.97 Å². The van der Waals surface area contributed by atoms with Gasteiger partial charge in [0.15, 0.2) is 0 Å². The van der Waals surface area contributed by atoms with Gasteiger partial charge in [0.2, 0.25) is 0 Å². The number of para-hydroxylation sites is 1. The molecule has 0 aliphatic heterocycles. The monoisotopic (exact) mass is 233 g/mol. The quantitative estimate of drug-likeness (QED) is 0.602. The highest BCUT2D eigenvalue weighted by Crippen LogP contribution is 2.14. The van der Waals surface area contributed by atoms with Gasteiger partial charge in [-0.3, -0.25) is 9.89 Å². The summed E-state index contributed by atoms with van der Waals surface area (Å²) in [5.74, 6) is -0.202. The third kappa shape index (κ3) is 2.82. The highest BCUT2D eigenvalue weighted by atomic mass is 16.5. The van der Waals surface area contributed by atoms with Crippen LogP contribution in [0.3, 0.4) is 0 Å². The van der Waals surface area contributed by atoms with Crippen LogP contribution in [0.2, 0.25) is 0 Å². The Hall–Kier alpha value is -1.88. The van der Waals surface area contributed by atoms with Crippen LogP contribution in [0.15, 0.2) is 24.3 Å². The summed E-state index contributed by atoms with van der Waals surface area (Å²) in [6.45, 7) is 1.26. The van der Waals surface area contributed by atoms with Crippen molar-refractivity contribution in [3.8, 4) is 0 Å². The van der Waals surface area contributed by atoms with Crippen LogP contribution in [0.5, 0.6) is 0 Å². The van der Waals surface area contributed by atoms with E-state index >= 15 is 0 Å². The van der Waals surface area contributed by atoms with Crippen molar-refractivity contribution in [3.05, 3.63) is 30.0 Å². The number of fused-ring (bicyclic) bond motifs is 1. The second kappa shape index (κ2) is 5.45. The molecular weight excluding hydrogens is 218 g/mol. The first-order valence-corrected chi connectivity index (χ1v) is 5.51. The van der Waals surface area contributed by atoms with Gasteiger partial charge in [-0.1, -0.05) is 18.2 Å².